The Labute approximate surface area is 146 Å². The standard InChI is InChI=1S/C19H22FN3O2/c1-4-7-16(25-18-9-6-5-8-17(18)20)10-13(2)14(3)23-19(21)15(12-24)11-22-23/h5-12,14H,4,21H2,1-3H3/b13-10-,16-7+. The van der Waals surface area contributed by atoms with Crippen LogP contribution in [0, 0.1) is 5.82 Å². The van der Waals surface area contributed by atoms with E-state index >= 15 is 0 Å². The van der Waals surface area contributed by atoms with Crippen molar-refractivity contribution in [2.24, 2.45) is 0 Å². The molecule has 2 N–H and O–H groups in total. The fourth-order valence-electron chi connectivity index (χ4n) is 2.31. The lowest BCUT2D eigenvalue weighted by Gasteiger charge is -2.16. The molecule has 132 valence electrons. The Bertz CT molecular complexity index is 809. The average Bonchev–Trinajstić information content (AvgIpc) is 2.97. The highest BCUT2D eigenvalue weighted by Gasteiger charge is 2.15. The largest absolute Gasteiger partial charge is 0.455 e. The van der Waals surface area contributed by atoms with Crippen molar-refractivity contribution in [1.29, 1.82) is 0 Å². The summed E-state index contributed by atoms with van der Waals surface area (Å²) in [6, 6.07) is 6.07. The predicted octanol–water partition coefficient (Wildman–Crippen LogP) is 4.30. The third-order valence-electron chi connectivity index (χ3n) is 3.86. The fourth-order valence-corrected chi connectivity index (χ4v) is 2.31. The molecule has 0 amide bonds. The van der Waals surface area contributed by atoms with Crippen LogP contribution >= 0.6 is 0 Å². The highest BCUT2D eigenvalue weighted by molar-refractivity contribution is 5.81. The molecule has 5 nitrogen and oxygen atoms in total. The first kappa shape index (κ1) is 18.4. The lowest BCUT2D eigenvalue weighted by molar-refractivity contribution is 0.112. The van der Waals surface area contributed by atoms with Gasteiger partial charge in [0.2, 0.25) is 0 Å². The number of carbonyl (C=O) groups excluding carboxylic acids is 1. The second-order valence-corrected chi connectivity index (χ2v) is 5.66. The summed E-state index contributed by atoms with van der Waals surface area (Å²) in [6.45, 7) is 5.79. The molecule has 0 radical (unpaired) electrons. The molecule has 6 heteroatoms. The van der Waals surface area contributed by atoms with E-state index in [2.05, 4.69) is 5.10 Å². The van der Waals surface area contributed by atoms with Gasteiger partial charge in [0.1, 0.15) is 11.6 Å². The van der Waals surface area contributed by atoms with Crippen molar-refractivity contribution in [1.82, 2.24) is 9.78 Å². The summed E-state index contributed by atoms with van der Waals surface area (Å²) in [4.78, 5) is 10.9. The van der Waals surface area contributed by atoms with Gasteiger partial charge in [-0.2, -0.15) is 5.10 Å². The molecule has 0 aliphatic carbocycles. The summed E-state index contributed by atoms with van der Waals surface area (Å²) in [6.07, 6.45) is 6.54. The highest BCUT2D eigenvalue weighted by atomic mass is 19.1. The van der Waals surface area contributed by atoms with E-state index in [4.69, 9.17) is 10.5 Å². The third kappa shape index (κ3) is 4.35. The molecule has 0 spiro atoms. The van der Waals surface area contributed by atoms with Crippen LogP contribution in [0.5, 0.6) is 5.75 Å². The van der Waals surface area contributed by atoms with Crippen LogP contribution in [0.1, 0.15) is 43.6 Å². The van der Waals surface area contributed by atoms with E-state index < -0.39 is 5.82 Å². The number of benzene rings is 1. The number of aldehydes is 1. The van der Waals surface area contributed by atoms with Gasteiger partial charge in [-0.05, 0) is 50.1 Å². The smallest absolute Gasteiger partial charge is 0.165 e. The number of hydrogen-bond donors (Lipinski definition) is 1. The number of carbonyl (C=O) groups is 1. The van der Waals surface area contributed by atoms with Crippen LogP contribution in [0.15, 0.2) is 53.9 Å². The van der Waals surface area contributed by atoms with Crippen molar-refractivity contribution in [2.75, 3.05) is 5.73 Å². The highest BCUT2D eigenvalue weighted by Crippen LogP contribution is 2.24. The second kappa shape index (κ2) is 8.28. The first-order valence-corrected chi connectivity index (χ1v) is 8.06. The third-order valence-corrected chi connectivity index (χ3v) is 3.86. The molecule has 1 aromatic heterocycles. The predicted molar refractivity (Wildman–Crippen MR) is 95.9 cm³/mol. The van der Waals surface area contributed by atoms with Crippen LogP contribution in [0.2, 0.25) is 0 Å². The van der Waals surface area contributed by atoms with Crippen molar-refractivity contribution in [3.8, 4) is 5.75 Å². The van der Waals surface area contributed by atoms with Gasteiger partial charge in [0.15, 0.2) is 17.9 Å². The molecule has 2 rings (SSSR count). The van der Waals surface area contributed by atoms with Crippen LogP contribution in [-0.2, 0) is 0 Å². The molecule has 0 aliphatic heterocycles. The van der Waals surface area contributed by atoms with Gasteiger partial charge in [0, 0.05) is 0 Å². The summed E-state index contributed by atoms with van der Waals surface area (Å²) in [5, 5.41) is 4.16. The molecule has 2 aromatic rings. The zero-order valence-corrected chi connectivity index (χ0v) is 14.6. The van der Waals surface area contributed by atoms with Gasteiger partial charge in [-0.25, -0.2) is 9.07 Å². The molecule has 0 saturated carbocycles. The van der Waals surface area contributed by atoms with Gasteiger partial charge in [0.25, 0.3) is 0 Å². The summed E-state index contributed by atoms with van der Waals surface area (Å²) < 4.78 is 21.1. The van der Waals surface area contributed by atoms with Crippen molar-refractivity contribution in [2.45, 2.75) is 33.2 Å². The van der Waals surface area contributed by atoms with Crippen LogP contribution in [0.25, 0.3) is 0 Å². The van der Waals surface area contributed by atoms with Gasteiger partial charge >= 0.3 is 0 Å². The quantitative estimate of drug-likeness (QED) is 0.462. The Hall–Kier alpha value is -2.89. The molecule has 0 aliphatic rings. The Kier molecular flexibility index (Phi) is 6.11. The monoisotopic (exact) mass is 343 g/mol. The minimum Gasteiger partial charge on any atom is -0.455 e. The van der Waals surface area contributed by atoms with Gasteiger partial charge in [-0.3, -0.25) is 4.79 Å². The number of para-hydroxylation sites is 1. The molecule has 0 saturated heterocycles. The van der Waals surface area contributed by atoms with Crippen molar-refractivity contribution >= 4 is 12.1 Å². The van der Waals surface area contributed by atoms with Crippen molar-refractivity contribution in [3.05, 3.63) is 65.3 Å². The molecular weight excluding hydrogens is 321 g/mol. The first-order valence-electron chi connectivity index (χ1n) is 8.06. The summed E-state index contributed by atoms with van der Waals surface area (Å²) in [5.74, 6) is 0.598. The first-order chi connectivity index (χ1) is 12.0. The van der Waals surface area contributed by atoms with Gasteiger partial charge in [-0.15, -0.1) is 0 Å². The van der Waals surface area contributed by atoms with Crippen LogP contribution in [0.4, 0.5) is 10.2 Å². The SMILES string of the molecule is CC/C=C(\C=C(\C)C(C)n1ncc(C=O)c1N)Oc1ccccc1F. The number of rotatable bonds is 7. The molecule has 25 heavy (non-hydrogen) atoms. The van der Waals surface area contributed by atoms with Crippen LogP contribution in [-0.4, -0.2) is 16.1 Å². The fraction of sp³-hybridized carbons (Fsp3) is 0.263. The van der Waals surface area contributed by atoms with Crippen LogP contribution in [0.3, 0.4) is 0 Å². The van der Waals surface area contributed by atoms with E-state index in [0.717, 1.165) is 12.0 Å². The Morgan fingerprint density at radius 1 is 1.44 bits per heavy atom. The molecule has 1 unspecified atom stereocenters. The number of nitrogens with zero attached hydrogens (tertiary/aromatic N) is 2. The van der Waals surface area contributed by atoms with Gasteiger partial charge < -0.3 is 10.5 Å². The minimum absolute atomic E-state index is 0.167. The molecule has 1 atom stereocenters. The maximum absolute atomic E-state index is 13.8. The molecule has 1 aromatic carbocycles. The number of nitrogens with two attached hydrogens (primary N) is 1. The van der Waals surface area contributed by atoms with Crippen molar-refractivity contribution < 1.29 is 13.9 Å². The number of aromatic nitrogens is 2. The molecule has 0 fully saturated rings. The maximum atomic E-state index is 13.8. The average molecular weight is 343 g/mol. The van der Waals surface area contributed by atoms with E-state index in [9.17, 15) is 9.18 Å². The van der Waals surface area contributed by atoms with E-state index in [0.29, 0.717) is 23.4 Å². The molecule has 1 heterocycles. The zero-order chi connectivity index (χ0) is 18.4. The topological polar surface area (TPSA) is 70.1 Å². The Balaban J connectivity index is 2.26. The summed E-state index contributed by atoms with van der Waals surface area (Å²) in [7, 11) is 0. The number of allylic oxidation sites excluding steroid dienone is 3. The van der Waals surface area contributed by atoms with Gasteiger partial charge in [-0.1, -0.05) is 19.1 Å². The number of halogens is 1. The van der Waals surface area contributed by atoms with E-state index in [1.807, 2.05) is 32.9 Å². The number of ether oxygens (including phenoxy) is 1. The molecule has 0 bridgehead atoms. The maximum Gasteiger partial charge on any atom is 0.165 e. The second-order valence-electron chi connectivity index (χ2n) is 5.66. The summed E-state index contributed by atoms with van der Waals surface area (Å²) >= 11 is 0. The number of anilines is 1. The minimum atomic E-state index is -0.421. The lowest BCUT2D eigenvalue weighted by Crippen LogP contribution is -2.12. The number of hydrogen-bond acceptors (Lipinski definition) is 4. The van der Waals surface area contributed by atoms with E-state index in [1.165, 1.54) is 12.3 Å². The zero-order valence-electron chi connectivity index (χ0n) is 14.6. The number of nitrogen functional groups attached to an aromatic ring is 1. The summed E-state index contributed by atoms with van der Waals surface area (Å²) in [5.41, 5.74) is 7.19. The normalized spacial score (nSPS) is 13.6. The Morgan fingerprint density at radius 3 is 2.76 bits per heavy atom. The van der Waals surface area contributed by atoms with Crippen molar-refractivity contribution in [3.63, 3.8) is 0 Å². The molecular formula is C19H22FN3O2. The lowest BCUT2D eigenvalue weighted by atomic mass is 10.1. The van der Waals surface area contributed by atoms with E-state index in [1.54, 1.807) is 22.9 Å². The van der Waals surface area contributed by atoms with Crippen LogP contribution < -0.4 is 10.5 Å². The Morgan fingerprint density at radius 2 is 2.16 bits per heavy atom. The van der Waals surface area contributed by atoms with Gasteiger partial charge in [0.05, 0.1) is 17.8 Å². The van der Waals surface area contributed by atoms with E-state index in [-0.39, 0.29) is 11.8 Å².